The second-order valence-electron chi connectivity index (χ2n) is 6.19. The number of nitrogens with one attached hydrogen (secondary N) is 1. The lowest BCUT2D eigenvalue weighted by molar-refractivity contribution is -0.133. The molecule has 0 radical (unpaired) electrons. The van der Waals surface area contributed by atoms with E-state index >= 15 is 0 Å². The van der Waals surface area contributed by atoms with E-state index in [0.29, 0.717) is 16.6 Å². The number of para-hydroxylation sites is 2. The van der Waals surface area contributed by atoms with Gasteiger partial charge in [-0.25, -0.2) is 4.98 Å². The van der Waals surface area contributed by atoms with Crippen molar-refractivity contribution in [3.63, 3.8) is 0 Å². The molecule has 2 amide bonds. The number of aromatic nitrogens is 2. The van der Waals surface area contributed by atoms with Gasteiger partial charge in [0.05, 0.1) is 29.5 Å². The van der Waals surface area contributed by atoms with E-state index in [1.165, 1.54) is 34.6 Å². The zero-order chi connectivity index (χ0) is 20.1. The molecule has 8 heteroatoms. The molecule has 0 spiro atoms. The lowest BCUT2D eigenvalue weighted by Crippen LogP contribution is -2.38. The molecule has 1 aromatic heterocycles. The van der Waals surface area contributed by atoms with Crippen LogP contribution in [-0.2, 0) is 16.1 Å². The Balaban J connectivity index is 1.65. The number of hydrogen-bond acceptors (Lipinski definition) is 5. The van der Waals surface area contributed by atoms with E-state index in [4.69, 9.17) is 0 Å². The quantitative estimate of drug-likeness (QED) is 0.646. The van der Waals surface area contributed by atoms with Gasteiger partial charge >= 0.3 is 0 Å². The van der Waals surface area contributed by atoms with Crippen molar-refractivity contribution in [3.8, 4) is 0 Å². The number of carbonyl (C=O) groups excluding carboxylic acids is 2. The first-order valence-corrected chi connectivity index (χ1v) is 9.83. The summed E-state index contributed by atoms with van der Waals surface area (Å²) in [5.74, 6) is -0.659. The molecule has 28 heavy (non-hydrogen) atoms. The highest BCUT2D eigenvalue weighted by molar-refractivity contribution is 7.98. The molecule has 3 rings (SSSR count). The lowest BCUT2D eigenvalue weighted by Gasteiger charge is -2.18. The minimum Gasteiger partial charge on any atom is -0.335 e. The molecule has 144 valence electrons. The van der Waals surface area contributed by atoms with Gasteiger partial charge in [0.1, 0.15) is 6.54 Å². The minimum atomic E-state index is -0.354. The Morgan fingerprint density at radius 2 is 1.86 bits per heavy atom. The van der Waals surface area contributed by atoms with E-state index in [-0.39, 0.29) is 30.5 Å². The molecule has 0 aliphatic carbocycles. The van der Waals surface area contributed by atoms with Crippen LogP contribution in [0, 0.1) is 0 Å². The van der Waals surface area contributed by atoms with Crippen molar-refractivity contribution in [1.29, 1.82) is 0 Å². The van der Waals surface area contributed by atoms with Crippen LogP contribution in [-0.4, -0.2) is 46.1 Å². The number of amides is 2. The van der Waals surface area contributed by atoms with E-state index in [1.807, 2.05) is 30.5 Å². The zero-order valence-corrected chi connectivity index (χ0v) is 16.4. The topological polar surface area (TPSA) is 84.3 Å². The van der Waals surface area contributed by atoms with Gasteiger partial charge in [0.15, 0.2) is 0 Å². The number of fused-ring (bicyclic) bond motifs is 1. The van der Waals surface area contributed by atoms with Gasteiger partial charge < -0.3 is 10.2 Å². The molecule has 0 atom stereocenters. The molecular formula is C20H20N4O3S. The van der Waals surface area contributed by atoms with Crippen LogP contribution in [0.25, 0.3) is 10.9 Å². The number of thioether (sulfide) groups is 1. The molecule has 0 bridgehead atoms. The average molecular weight is 396 g/mol. The first-order valence-electron chi connectivity index (χ1n) is 8.60. The van der Waals surface area contributed by atoms with Crippen molar-refractivity contribution < 1.29 is 9.59 Å². The summed E-state index contributed by atoms with van der Waals surface area (Å²) in [6.07, 6.45) is 3.28. The molecule has 0 unspecified atom stereocenters. The van der Waals surface area contributed by atoms with Crippen LogP contribution in [0.4, 0.5) is 5.69 Å². The molecule has 1 N–H and O–H groups in total. The van der Waals surface area contributed by atoms with Crippen molar-refractivity contribution in [2.45, 2.75) is 11.4 Å². The summed E-state index contributed by atoms with van der Waals surface area (Å²) in [5, 5.41) is 3.26. The van der Waals surface area contributed by atoms with Crippen molar-refractivity contribution in [2.75, 3.05) is 25.2 Å². The normalized spacial score (nSPS) is 10.6. The second kappa shape index (κ2) is 8.71. The highest BCUT2D eigenvalue weighted by Crippen LogP contribution is 2.24. The van der Waals surface area contributed by atoms with Gasteiger partial charge in [0, 0.05) is 11.9 Å². The van der Waals surface area contributed by atoms with Crippen LogP contribution in [0.15, 0.2) is 64.5 Å². The highest BCUT2D eigenvalue weighted by atomic mass is 32.2. The molecule has 3 aromatic rings. The summed E-state index contributed by atoms with van der Waals surface area (Å²) in [4.78, 5) is 43.7. The monoisotopic (exact) mass is 396 g/mol. The van der Waals surface area contributed by atoms with Crippen molar-refractivity contribution in [1.82, 2.24) is 14.5 Å². The smallest absolute Gasteiger partial charge is 0.261 e. The summed E-state index contributed by atoms with van der Waals surface area (Å²) in [7, 11) is 1.53. The minimum absolute atomic E-state index is 0.114. The van der Waals surface area contributed by atoms with Gasteiger partial charge in [-0.15, -0.1) is 11.8 Å². The Hall–Kier alpha value is -3.13. The number of rotatable bonds is 6. The Labute approximate surface area is 166 Å². The third-order valence-corrected chi connectivity index (χ3v) is 5.02. The van der Waals surface area contributed by atoms with Crippen LogP contribution in [0.5, 0.6) is 0 Å². The largest absolute Gasteiger partial charge is 0.335 e. The molecule has 0 aliphatic heterocycles. The van der Waals surface area contributed by atoms with E-state index in [9.17, 15) is 14.4 Å². The molecule has 0 saturated heterocycles. The van der Waals surface area contributed by atoms with Crippen molar-refractivity contribution in [3.05, 3.63) is 65.2 Å². The van der Waals surface area contributed by atoms with Crippen molar-refractivity contribution in [2.24, 2.45) is 0 Å². The van der Waals surface area contributed by atoms with Gasteiger partial charge in [-0.3, -0.25) is 19.0 Å². The van der Waals surface area contributed by atoms with Crippen molar-refractivity contribution >= 4 is 40.2 Å². The Bertz CT molecular complexity index is 1080. The number of benzene rings is 2. The molecule has 1 heterocycles. The fourth-order valence-corrected chi connectivity index (χ4v) is 3.28. The van der Waals surface area contributed by atoms with Gasteiger partial charge in [0.2, 0.25) is 11.8 Å². The fraction of sp³-hybridized carbons (Fsp3) is 0.200. The summed E-state index contributed by atoms with van der Waals surface area (Å²) < 4.78 is 1.25. The Morgan fingerprint density at radius 1 is 1.14 bits per heavy atom. The van der Waals surface area contributed by atoms with Crippen LogP contribution in [0.2, 0.25) is 0 Å². The van der Waals surface area contributed by atoms with Gasteiger partial charge in [-0.05, 0) is 30.5 Å². The number of hydrogen-bond donors (Lipinski definition) is 1. The molecule has 0 aliphatic rings. The van der Waals surface area contributed by atoms with Crippen LogP contribution >= 0.6 is 11.8 Å². The standard InChI is InChI=1S/C20H20N4O3S/c1-23(11-18(25)22-16-9-5-6-10-17(16)28-2)19(26)12-24-13-21-15-8-4-3-7-14(15)20(24)27/h3-10,13H,11-12H2,1-2H3,(H,22,25). The van der Waals surface area contributed by atoms with Crippen LogP contribution < -0.4 is 10.9 Å². The van der Waals surface area contributed by atoms with Gasteiger partial charge in [0.25, 0.3) is 5.56 Å². The summed E-state index contributed by atoms with van der Waals surface area (Å²) >= 11 is 1.53. The predicted octanol–water partition coefficient (Wildman–Crippen LogP) is 2.22. The fourth-order valence-electron chi connectivity index (χ4n) is 2.73. The number of anilines is 1. The van der Waals surface area contributed by atoms with Crippen LogP contribution in [0.3, 0.4) is 0 Å². The van der Waals surface area contributed by atoms with Gasteiger partial charge in [-0.1, -0.05) is 24.3 Å². The number of likely N-dealkylation sites (N-methyl/N-ethyl adjacent to an activating group) is 1. The van der Waals surface area contributed by atoms with E-state index in [0.717, 1.165) is 4.90 Å². The Morgan fingerprint density at radius 3 is 2.64 bits per heavy atom. The summed E-state index contributed by atoms with van der Waals surface area (Å²) in [6, 6.07) is 14.4. The average Bonchev–Trinajstić information content (AvgIpc) is 2.70. The third kappa shape index (κ3) is 4.40. The maximum atomic E-state index is 12.5. The second-order valence-corrected chi connectivity index (χ2v) is 7.04. The maximum absolute atomic E-state index is 12.5. The first kappa shape index (κ1) is 19.6. The molecular weight excluding hydrogens is 376 g/mol. The molecule has 2 aromatic carbocycles. The molecule has 0 saturated carbocycles. The van der Waals surface area contributed by atoms with E-state index < -0.39 is 0 Å². The number of carbonyl (C=O) groups is 2. The maximum Gasteiger partial charge on any atom is 0.261 e. The Kier molecular flexibility index (Phi) is 6.10. The molecule has 0 fully saturated rings. The summed E-state index contributed by atoms with van der Waals surface area (Å²) in [5.41, 5.74) is 0.998. The van der Waals surface area contributed by atoms with E-state index in [2.05, 4.69) is 10.3 Å². The lowest BCUT2D eigenvalue weighted by atomic mass is 10.2. The first-order chi connectivity index (χ1) is 13.5. The van der Waals surface area contributed by atoms with Crippen LogP contribution in [0.1, 0.15) is 0 Å². The zero-order valence-electron chi connectivity index (χ0n) is 15.6. The summed E-state index contributed by atoms with van der Waals surface area (Å²) in [6.45, 7) is -0.293. The third-order valence-electron chi connectivity index (χ3n) is 4.22. The van der Waals surface area contributed by atoms with E-state index in [1.54, 1.807) is 24.3 Å². The highest BCUT2D eigenvalue weighted by Gasteiger charge is 2.16. The molecule has 7 nitrogen and oxygen atoms in total. The van der Waals surface area contributed by atoms with Gasteiger partial charge in [-0.2, -0.15) is 0 Å². The number of nitrogens with zero attached hydrogens (tertiary/aromatic N) is 3. The predicted molar refractivity (Wildman–Crippen MR) is 110 cm³/mol. The SMILES string of the molecule is CSc1ccccc1NC(=O)CN(C)C(=O)Cn1cnc2ccccc2c1=O.